The molecular weight excluding hydrogens is 306 g/mol. The summed E-state index contributed by atoms with van der Waals surface area (Å²) in [6.07, 6.45) is 0. The Labute approximate surface area is 119 Å². The standard InChI is InChI=1S/C9H13.3ClH.Zr/c1-9(2,3)8-6-4-5-7-8;;;;/h4-7H,1-3H3;3*1H;/q-1;;;;+4/p-3. The Morgan fingerprint density at radius 1 is 0.846 bits per heavy atom. The Hall–Kier alpha value is 1.10. The van der Waals surface area contributed by atoms with Gasteiger partial charge in [0.15, 0.2) is 0 Å². The Balaban J connectivity index is -0.000000101. The molecule has 0 aliphatic rings. The summed E-state index contributed by atoms with van der Waals surface area (Å²) in [6.45, 7) is 6.67. The number of hydrogen-bond donors (Lipinski definition) is 0. The summed E-state index contributed by atoms with van der Waals surface area (Å²) in [4.78, 5) is 0. The summed E-state index contributed by atoms with van der Waals surface area (Å²) in [7, 11) is 0. The number of rotatable bonds is 0. The van der Waals surface area contributed by atoms with Crippen LogP contribution in [0.1, 0.15) is 26.3 Å². The van der Waals surface area contributed by atoms with Gasteiger partial charge in [-0.1, -0.05) is 26.2 Å². The van der Waals surface area contributed by atoms with E-state index in [9.17, 15) is 0 Å². The van der Waals surface area contributed by atoms with Crippen LogP contribution >= 0.6 is 0 Å². The summed E-state index contributed by atoms with van der Waals surface area (Å²) >= 11 is 0. The van der Waals surface area contributed by atoms with Crippen molar-refractivity contribution in [2.24, 2.45) is 0 Å². The summed E-state index contributed by atoms with van der Waals surface area (Å²) in [6, 6.07) is 8.50. The van der Waals surface area contributed by atoms with Crippen LogP contribution in [-0.2, 0) is 31.6 Å². The third kappa shape index (κ3) is 8.12. The van der Waals surface area contributed by atoms with Crippen molar-refractivity contribution in [3.63, 3.8) is 0 Å². The molecule has 0 aromatic heterocycles. The quantitative estimate of drug-likeness (QED) is 0.418. The number of hydrogen-bond acceptors (Lipinski definition) is 0. The van der Waals surface area contributed by atoms with Crippen LogP contribution < -0.4 is 37.2 Å². The molecule has 0 fully saturated rings. The van der Waals surface area contributed by atoms with E-state index in [1.165, 1.54) is 5.56 Å². The van der Waals surface area contributed by atoms with Crippen molar-refractivity contribution < 1.29 is 63.4 Å². The first-order valence-corrected chi connectivity index (χ1v) is 3.33. The van der Waals surface area contributed by atoms with Gasteiger partial charge < -0.3 is 37.2 Å². The van der Waals surface area contributed by atoms with E-state index in [2.05, 4.69) is 45.0 Å². The third-order valence-electron chi connectivity index (χ3n) is 1.53. The molecule has 0 amide bonds. The van der Waals surface area contributed by atoms with Crippen LogP contribution in [0.15, 0.2) is 24.3 Å². The van der Waals surface area contributed by atoms with Crippen molar-refractivity contribution in [1.29, 1.82) is 0 Å². The van der Waals surface area contributed by atoms with E-state index in [-0.39, 0.29) is 63.4 Å². The van der Waals surface area contributed by atoms with E-state index in [0.29, 0.717) is 5.41 Å². The second-order valence-corrected chi connectivity index (χ2v) is 3.42. The first-order chi connectivity index (χ1) is 4.11. The van der Waals surface area contributed by atoms with Gasteiger partial charge in [-0.25, -0.2) is 12.1 Å². The molecule has 0 saturated carbocycles. The van der Waals surface area contributed by atoms with Gasteiger partial charge in [-0.05, 0) is 0 Å². The first kappa shape index (κ1) is 23.7. The van der Waals surface area contributed by atoms with Crippen molar-refractivity contribution in [2.75, 3.05) is 0 Å². The Bertz CT molecular complexity index is 177. The van der Waals surface area contributed by atoms with Gasteiger partial charge >= 0.3 is 26.2 Å². The van der Waals surface area contributed by atoms with Gasteiger partial charge in [0.05, 0.1) is 0 Å². The van der Waals surface area contributed by atoms with Gasteiger partial charge in [0.25, 0.3) is 0 Å². The average Bonchev–Trinajstić information content (AvgIpc) is 2.08. The van der Waals surface area contributed by atoms with Crippen LogP contribution in [0.3, 0.4) is 0 Å². The Morgan fingerprint density at radius 3 is 1.31 bits per heavy atom. The Morgan fingerprint density at radius 2 is 1.15 bits per heavy atom. The minimum Gasteiger partial charge on any atom is -1.00 e. The normalized spacial score (nSPS) is 8.23. The number of halogens is 3. The maximum atomic E-state index is 2.22. The van der Waals surface area contributed by atoms with E-state index in [0.717, 1.165) is 0 Å². The van der Waals surface area contributed by atoms with Crippen LogP contribution in [0.4, 0.5) is 0 Å². The zero-order chi connectivity index (χ0) is 6.91. The molecule has 0 radical (unpaired) electrons. The molecule has 0 aliphatic heterocycles. The van der Waals surface area contributed by atoms with Crippen molar-refractivity contribution in [3.05, 3.63) is 29.8 Å². The fraction of sp³-hybridized carbons (Fsp3) is 0.444. The molecule has 74 valence electrons. The van der Waals surface area contributed by atoms with Gasteiger partial charge in [0.2, 0.25) is 0 Å². The first-order valence-electron chi connectivity index (χ1n) is 3.33. The molecule has 0 nitrogen and oxygen atoms in total. The van der Waals surface area contributed by atoms with E-state index < -0.39 is 0 Å². The monoisotopic (exact) mass is 316 g/mol. The second kappa shape index (κ2) is 9.65. The molecular formula is C9H13Cl3Zr. The third-order valence-corrected chi connectivity index (χ3v) is 1.53. The van der Waals surface area contributed by atoms with Gasteiger partial charge in [0.1, 0.15) is 0 Å². The molecule has 13 heavy (non-hydrogen) atoms. The summed E-state index contributed by atoms with van der Waals surface area (Å²) in [5, 5.41) is 0. The average molecular weight is 319 g/mol. The van der Waals surface area contributed by atoms with E-state index in [4.69, 9.17) is 0 Å². The molecule has 0 heterocycles. The largest absolute Gasteiger partial charge is 4.00 e. The van der Waals surface area contributed by atoms with Crippen LogP contribution in [0.5, 0.6) is 0 Å². The van der Waals surface area contributed by atoms with Crippen molar-refractivity contribution >= 4 is 0 Å². The van der Waals surface area contributed by atoms with Crippen LogP contribution in [0.25, 0.3) is 0 Å². The van der Waals surface area contributed by atoms with Crippen molar-refractivity contribution in [1.82, 2.24) is 0 Å². The van der Waals surface area contributed by atoms with Gasteiger partial charge in [-0.15, -0.1) is 0 Å². The SMILES string of the molecule is CC(C)(C)[c-]1cccc1.[Cl-].[Cl-].[Cl-].[Zr+4]. The fourth-order valence-corrected chi connectivity index (χ4v) is 0.874. The predicted molar refractivity (Wildman–Crippen MR) is 40.7 cm³/mol. The summed E-state index contributed by atoms with van der Waals surface area (Å²) in [5.41, 5.74) is 1.74. The van der Waals surface area contributed by atoms with Gasteiger partial charge in [0, 0.05) is 0 Å². The minimum atomic E-state index is 0. The molecule has 1 aromatic carbocycles. The molecule has 0 saturated heterocycles. The zero-order valence-corrected chi connectivity index (χ0v) is 12.7. The van der Waals surface area contributed by atoms with E-state index in [1.807, 2.05) is 0 Å². The maximum absolute atomic E-state index is 2.22. The van der Waals surface area contributed by atoms with Crippen molar-refractivity contribution in [3.8, 4) is 0 Å². The van der Waals surface area contributed by atoms with Crippen LogP contribution in [0.2, 0.25) is 0 Å². The topological polar surface area (TPSA) is 0 Å². The molecule has 0 aliphatic carbocycles. The van der Waals surface area contributed by atoms with Gasteiger partial charge in [-0.3, -0.25) is 0 Å². The molecule has 0 spiro atoms. The minimum absolute atomic E-state index is 0. The Kier molecular flexibility index (Phi) is 17.6. The molecule has 1 aromatic rings. The van der Waals surface area contributed by atoms with Crippen molar-refractivity contribution in [2.45, 2.75) is 26.2 Å². The zero-order valence-electron chi connectivity index (χ0n) is 7.94. The van der Waals surface area contributed by atoms with E-state index >= 15 is 0 Å². The molecule has 0 atom stereocenters. The van der Waals surface area contributed by atoms with Crippen LogP contribution in [0, 0.1) is 0 Å². The smallest absolute Gasteiger partial charge is 1.00 e. The molecule has 0 bridgehead atoms. The second-order valence-electron chi connectivity index (χ2n) is 3.42. The van der Waals surface area contributed by atoms with Gasteiger partial charge in [-0.2, -0.15) is 17.7 Å². The van der Waals surface area contributed by atoms with Crippen LogP contribution in [-0.4, -0.2) is 0 Å². The molecule has 4 heteroatoms. The van der Waals surface area contributed by atoms with E-state index in [1.54, 1.807) is 0 Å². The molecule has 1 rings (SSSR count). The molecule has 0 N–H and O–H groups in total. The fourth-order valence-electron chi connectivity index (χ4n) is 0.874. The predicted octanol–water partition coefficient (Wildman–Crippen LogP) is -6.29. The summed E-state index contributed by atoms with van der Waals surface area (Å²) in [5.74, 6) is 0. The molecule has 0 unspecified atom stereocenters. The maximum Gasteiger partial charge on any atom is 4.00 e. The summed E-state index contributed by atoms with van der Waals surface area (Å²) < 4.78 is 0.